The van der Waals surface area contributed by atoms with Crippen molar-refractivity contribution in [3.05, 3.63) is 36.0 Å². The molecule has 16 heavy (non-hydrogen) atoms. The van der Waals surface area contributed by atoms with Gasteiger partial charge in [0.2, 0.25) is 0 Å². The van der Waals surface area contributed by atoms with Crippen molar-refractivity contribution in [2.75, 3.05) is 0 Å². The van der Waals surface area contributed by atoms with E-state index in [1.54, 1.807) is 0 Å². The fraction of sp³-hybridized carbons (Fsp3) is 0.182. The van der Waals surface area contributed by atoms with Gasteiger partial charge in [-0.15, -0.1) is 10.2 Å². The van der Waals surface area contributed by atoms with Crippen LogP contribution in [0, 0.1) is 13.8 Å². The Morgan fingerprint density at radius 3 is 2.56 bits per heavy atom. The van der Waals surface area contributed by atoms with E-state index in [1.807, 2.05) is 42.8 Å². The van der Waals surface area contributed by atoms with Crippen LogP contribution in [-0.2, 0) is 0 Å². The maximum atomic E-state index is 4.53. The zero-order valence-electron chi connectivity index (χ0n) is 9.10. The summed E-state index contributed by atoms with van der Waals surface area (Å²) in [6.07, 6.45) is 1.88. The smallest absolute Gasteiger partial charge is 0.142 e. The SMILES string of the molecule is Cc1nnc(C)n1-c1ccc2cc[nH]c2n1. The maximum absolute atomic E-state index is 4.53. The van der Waals surface area contributed by atoms with Gasteiger partial charge >= 0.3 is 0 Å². The first-order valence-corrected chi connectivity index (χ1v) is 5.09. The van der Waals surface area contributed by atoms with Crippen LogP contribution in [-0.4, -0.2) is 24.7 Å². The van der Waals surface area contributed by atoms with E-state index in [0.29, 0.717) is 0 Å². The summed E-state index contributed by atoms with van der Waals surface area (Å²) in [4.78, 5) is 7.62. The Morgan fingerprint density at radius 2 is 1.81 bits per heavy atom. The lowest BCUT2D eigenvalue weighted by Gasteiger charge is -2.04. The summed E-state index contributed by atoms with van der Waals surface area (Å²) in [7, 11) is 0. The lowest BCUT2D eigenvalue weighted by molar-refractivity contribution is 0.905. The molecule has 0 aliphatic rings. The van der Waals surface area contributed by atoms with Gasteiger partial charge in [-0.3, -0.25) is 4.57 Å². The van der Waals surface area contributed by atoms with Gasteiger partial charge in [0.1, 0.15) is 23.1 Å². The summed E-state index contributed by atoms with van der Waals surface area (Å²) in [6, 6.07) is 6.00. The number of H-pyrrole nitrogens is 1. The van der Waals surface area contributed by atoms with E-state index in [1.165, 1.54) is 0 Å². The number of nitrogens with zero attached hydrogens (tertiary/aromatic N) is 4. The molecule has 3 heterocycles. The summed E-state index contributed by atoms with van der Waals surface area (Å²) in [5.74, 6) is 2.53. The second-order valence-electron chi connectivity index (χ2n) is 3.71. The minimum atomic E-state index is 0.843. The second-order valence-corrected chi connectivity index (χ2v) is 3.71. The molecular formula is C11H11N5. The minimum Gasteiger partial charge on any atom is -0.346 e. The molecule has 0 spiro atoms. The molecule has 0 saturated heterocycles. The van der Waals surface area contributed by atoms with Crippen LogP contribution in [0.25, 0.3) is 16.9 Å². The van der Waals surface area contributed by atoms with Crippen molar-refractivity contribution in [1.29, 1.82) is 0 Å². The number of aromatic amines is 1. The van der Waals surface area contributed by atoms with Crippen LogP contribution in [0.1, 0.15) is 11.6 Å². The predicted octanol–water partition coefficient (Wildman–Crippen LogP) is 1.76. The van der Waals surface area contributed by atoms with Gasteiger partial charge in [-0.2, -0.15) is 0 Å². The van der Waals surface area contributed by atoms with Crippen LogP contribution in [0.4, 0.5) is 0 Å². The highest BCUT2D eigenvalue weighted by molar-refractivity contribution is 5.76. The van der Waals surface area contributed by atoms with Crippen molar-refractivity contribution in [3.8, 4) is 5.82 Å². The monoisotopic (exact) mass is 213 g/mol. The minimum absolute atomic E-state index is 0.843. The molecule has 0 bridgehead atoms. The average molecular weight is 213 g/mol. The molecule has 0 aromatic carbocycles. The molecule has 3 aromatic rings. The van der Waals surface area contributed by atoms with Crippen LogP contribution in [0.5, 0.6) is 0 Å². The molecule has 0 unspecified atom stereocenters. The number of rotatable bonds is 1. The Hall–Kier alpha value is -2.17. The molecule has 80 valence electrons. The van der Waals surface area contributed by atoms with Crippen molar-refractivity contribution in [2.24, 2.45) is 0 Å². The van der Waals surface area contributed by atoms with Gasteiger partial charge in [0.15, 0.2) is 0 Å². The molecule has 0 atom stereocenters. The lowest BCUT2D eigenvalue weighted by atomic mass is 10.3. The zero-order valence-corrected chi connectivity index (χ0v) is 9.10. The lowest BCUT2D eigenvalue weighted by Crippen LogP contribution is -2.02. The Balaban J connectivity index is 2.25. The highest BCUT2D eigenvalue weighted by Crippen LogP contribution is 2.15. The number of hydrogen-bond donors (Lipinski definition) is 1. The number of nitrogens with one attached hydrogen (secondary N) is 1. The van der Waals surface area contributed by atoms with Crippen LogP contribution in [0.15, 0.2) is 24.4 Å². The van der Waals surface area contributed by atoms with E-state index in [2.05, 4.69) is 20.2 Å². The first kappa shape index (κ1) is 9.08. The van der Waals surface area contributed by atoms with Crippen molar-refractivity contribution in [1.82, 2.24) is 24.7 Å². The van der Waals surface area contributed by atoms with Crippen molar-refractivity contribution in [3.63, 3.8) is 0 Å². The normalized spacial score (nSPS) is 11.1. The summed E-state index contributed by atoms with van der Waals surface area (Å²) in [6.45, 7) is 3.83. The van der Waals surface area contributed by atoms with Gasteiger partial charge in [0.25, 0.3) is 0 Å². The van der Waals surface area contributed by atoms with Gasteiger partial charge in [-0.25, -0.2) is 4.98 Å². The topological polar surface area (TPSA) is 59.4 Å². The summed E-state index contributed by atoms with van der Waals surface area (Å²) in [5.41, 5.74) is 0.880. The summed E-state index contributed by atoms with van der Waals surface area (Å²) < 4.78 is 1.93. The van der Waals surface area contributed by atoms with Gasteiger partial charge in [-0.1, -0.05) is 0 Å². The molecule has 3 rings (SSSR count). The zero-order chi connectivity index (χ0) is 11.1. The number of aromatic nitrogens is 5. The Morgan fingerprint density at radius 1 is 1.06 bits per heavy atom. The predicted molar refractivity (Wildman–Crippen MR) is 60.5 cm³/mol. The molecule has 0 radical (unpaired) electrons. The van der Waals surface area contributed by atoms with Crippen LogP contribution in [0.2, 0.25) is 0 Å². The van der Waals surface area contributed by atoms with E-state index in [-0.39, 0.29) is 0 Å². The molecule has 0 saturated carbocycles. The van der Waals surface area contributed by atoms with Crippen molar-refractivity contribution >= 4 is 11.0 Å². The molecule has 1 N–H and O–H groups in total. The molecule has 0 aliphatic heterocycles. The van der Waals surface area contributed by atoms with E-state index >= 15 is 0 Å². The second kappa shape index (κ2) is 3.16. The average Bonchev–Trinajstić information content (AvgIpc) is 2.85. The summed E-state index contributed by atoms with van der Waals surface area (Å²) in [5, 5.41) is 9.15. The molecule has 5 nitrogen and oxygen atoms in total. The molecule has 3 aromatic heterocycles. The quantitative estimate of drug-likeness (QED) is 0.670. The van der Waals surface area contributed by atoms with E-state index in [9.17, 15) is 0 Å². The van der Waals surface area contributed by atoms with Crippen LogP contribution >= 0.6 is 0 Å². The van der Waals surface area contributed by atoms with Crippen LogP contribution in [0.3, 0.4) is 0 Å². The first-order chi connectivity index (χ1) is 7.75. The first-order valence-electron chi connectivity index (χ1n) is 5.09. The Labute approximate surface area is 92.2 Å². The fourth-order valence-electron chi connectivity index (χ4n) is 1.84. The van der Waals surface area contributed by atoms with E-state index < -0.39 is 0 Å². The molecule has 0 amide bonds. The van der Waals surface area contributed by atoms with Gasteiger partial charge in [0.05, 0.1) is 0 Å². The molecule has 0 fully saturated rings. The number of pyridine rings is 1. The Kier molecular flexibility index (Phi) is 1.80. The van der Waals surface area contributed by atoms with Crippen molar-refractivity contribution in [2.45, 2.75) is 13.8 Å². The summed E-state index contributed by atoms with van der Waals surface area (Å²) >= 11 is 0. The standard InChI is InChI=1S/C11H11N5/c1-7-14-15-8(2)16(7)10-4-3-9-5-6-12-11(9)13-10/h3-6H,1-2H3,(H,12,13). The van der Waals surface area contributed by atoms with Crippen molar-refractivity contribution < 1.29 is 0 Å². The molecule has 0 aliphatic carbocycles. The third kappa shape index (κ3) is 1.21. The Bertz CT molecular complexity index is 630. The van der Waals surface area contributed by atoms with Gasteiger partial charge in [0, 0.05) is 11.6 Å². The van der Waals surface area contributed by atoms with Gasteiger partial charge in [-0.05, 0) is 32.0 Å². The van der Waals surface area contributed by atoms with Crippen LogP contribution < -0.4 is 0 Å². The highest BCUT2D eigenvalue weighted by Gasteiger charge is 2.08. The van der Waals surface area contributed by atoms with E-state index in [4.69, 9.17) is 0 Å². The number of aryl methyl sites for hydroxylation is 2. The fourth-order valence-corrected chi connectivity index (χ4v) is 1.84. The number of fused-ring (bicyclic) bond motifs is 1. The van der Waals surface area contributed by atoms with Gasteiger partial charge < -0.3 is 4.98 Å². The third-order valence-electron chi connectivity index (χ3n) is 2.61. The highest BCUT2D eigenvalue weighted by atomic mass is 15.3. The number of hydrogen-bond acceptors (Lipinski definition) is 3. The largest absolute Gasteiger partial charge is 0.346 e. The third-order valence-corrected chi connectivity index (χ3v) is 2.61. The van der Waals surface area contributed by atoms with E-state index in [0.717, 1.165) is 28.5 Å². The molecular weight excluding hydrogens is 202 g/mol. The maximum Gasteiger partial charge on any atom is 0.142 e. The molecule has 5 heteroatoms.